The average molecular weight is 222 g/mol. The van der Waals surface area contributed by atoms with Crippen LogP contribution in [0.3, 0.4) is 0 Å². The van der Waals surface area contributed by atoms with Crippen molar-refractivity contribution in [1.29, 1.82) is 0 Å². The van der Waals surface area contributed by atoms with E-state index in [-0.39, 0.29) is 0 Å². The second-order valence-corrected chi connectivity index (χ2v) is 5.01. The molecule has 0 radical (unpaired) electrons. The van der Waals surface area contributed by atoms with Gasteiger partial charge in [-0.05, 0) is 13.0 Å². The predicted octanol–water partition coefficient (Wildman–Crippen LogP) is 3.41. The van der Waals surface area contributed by atoms with Crippen molar-refractivity contribution in [3.63, 3.8) is 0 Å². The Balaban J connectivity index is 3.18. The third-order valence-electron chi connectivity index (χ3n) is 1.66. The van der Waals surface area contributed by atoms with E-state index in [1.165, 1.54) is 11.3 Å². The van der Waals surface area contributed by atoms with Crippen LogP contribution in [0.4, 0.5) is 0 Å². The fourth-order valence-electron chi connectivity index (χ4n) is 0.817. The summed E-state index contributed by atoms with van der Waals surface area (Å²) in [5, 5.41) is 0. The molecule has 0 bridgehead atoms. The quantitative estimate of drug-likeness (QED) is 0.762. The molecule has 0 unspecified atom stereocenters. The van der Waals surface area contributed by atoms with E-state index in [1.807, 2.05) is 6.92 Å². The van der Waals surface area contributed by atoms with E-state index in [9.17, 15) is 0 Å². The van der Waals surface area contributed by atoms with Gasteiger partial charge in [-0.3, -0.25) is 0 Å². The van der Waals surface area contributed by atoms with Gasteiger partial charge < -0.3 is 5.73 Å². The summed E-state index contributed by atoms with van der Waals surface area (Å²) in [5.41, 5.74) is 6.13. The van der Waals surface area contributed by atoms with E-state index in [0.29, 0.717) is 8.67 Å². The van der Waals surface area contributed by atoms with Gasteiger partial charge in [-0.15, -0.1) is 17.9 Å². The molecule has 0 fully saturated rings. The molecule has 0 aliphatic heterocycles. The maximum atomic E-state index is 5.91. The van der Waals surface area contributed by atoms with Crippen molar-refractivity contribution in [3.05, 3.63) is 33.0 Å². The molecular formula is C8H9Cl2NS. The Morgan fingerprint density at radius 3 is 2.58 bits per heavy atom. The van der Waals surface area contributed by atoms with Crippen LogP contribution < -0.4 is 5.73 Å². The smallest absolute Gasteiger partial charge is 0.0997 e. The molecule has 0 saturated carbocycles. The molecule has 2 N–H and O–H groups in total. The Kier molecular flexibility index (Phi) is 2.84. The van der Waals surface area contributed by atoms with Crippen LogP contribution in [0.2, 0.25) is 8.67 Å². The summed E-state index contributed by atoms with van der Waals surface area (Å²) in [7, 11) is 0. The molecule has 0 aliphatic carbocycles. The van der Waals surface area contributed by atoms with Crippen LogP contribution in [0.1, 0.15) is 12.5 Å². The number of nitrogens with two attached hydrogens (primary N) is 1. The Morgan fingerprint density at radius 2 is 2.25 bits per heavy atom. The summed E-state index contributed by atoms with van der Waals surface area (Å²) >= 11 is 13.0. The number of halogens is 2. The Hall–Kier alpha value is -0.0200. The van der Waals surface area contributed by atoms with E-state index in [0.717, 1.165) is 5.56 Å². The van der Waals surface area contributed by atoms with Crippen LogP contribution in [0.5, 0.6) is 0 Å². The molecule has 1 aromatic rings. The van der Waals surface area contributed by atoms with Crippen molar-refractivity contribution < 1.29 is 0 Å². The molecule has 12 heavy (non-hydrogen) atoms. The summed E-state index contributed by atoms with van der Waals surface area (Å²) in [6.45, 7) is 5.47. The molecule has 0 aromatic carbocycles. The van der Waals surface area contributed by atoms with E-state index in [1.54, 1.807) is 12.1 Å². The first-order valence-corrected chi connectivity index (χ1v) is 4.92. The van der Waals surface area contributed by atoms with Gasteiger partial charge >= 0.3 is 0 Å². The summed E-state index contributed by atoms with van der Waals surface area (Å²) < 4.78 is 1.28. The lowest BCUT2D eigenvalue weighted by atomic mass is 9.97. The van der Waals surface area contributed by atoms with Gasteiger partial charge in [0.1, 0.15) is 0 Å². The van der Waals surface area contributed by atoms with Gasteiger partial charge in [0.2, 0.25) is 0 Å². The number of hydrogen-bond acceptors (Lipinski definition) is 2. The summed E-state index contributed by atoms with van der Waals surface area (Å²) in [6.07, 6.45) is 1.65. The van der Waals surface area contributed by atoms with Crippen molar-refractivity contribution >= 4 is 34.5 Å². The standard InChI is InChI=1S/C8H9Cl2NS/c1-3-8(2,11)5-4-6(9)12-7(5)10/h3-4H,1,11H2,2H3/t8-/m0/s1. The molecule has 0 saturated heterocycles. The molecule has 4 heteroatoms. The highest BCUT2D eigenvalue weighted by Crippen LogP contribution is 2.36. The highest BCUT2D eigenvalue weighted by molar-refractivity contribution is 7.20. The second-order valence-electron chi connectivity index (χ2n) is 2.72. The van der Waals surface area contributed by atoms with Gasteiger partial charge in [0, 0.05) is 5.56 Å². The Morgan fingerprint density at radius 1 is 1.67 bits per heavy atom. The van der Waals surface area contributed by atoms with Gasteiger partial charge in [0.05, 0.1) is 14.2 Å². The van der Waals surface area contributed by atoms with Crippen molar-refractivity contribution in [2.24, 2.45) is 5.73 Å². The minimum absolute atomic E-state index is 0.597. The normalized spacial score (nSPS) is 15.7. The van der Waals surface area contributed by atoms with E-state index in [4.69, 9.17) is 28.9 Å². The van der Waals surface area contributed by atoms with Gasteiger partial charge in [0.25, 0.3) is 0 Å². The van der Waals surface area contributed by atoms with Crippen LogP contribution in [0, 0.1) is 0 Å². The van der Waals surface area contributed by atoms with Crippen molar-refractivity contribution in [2.45, 2.75) is 12.5 Å². The number of rotatable bonds is 2. The van der Waals surface area contributed by atoms with Gasteiger partial charge in [-0.25, -0.2) is 0 Å². The monoisotopic (exact) mass is 221 g/mol. The maximum Gasteiger partial charge on any atom is 0.0997 e. The summed E-state index contributed by atoms with van der Waals surface area (Å²) in [4.78, 5) is 0. The maximum absolute atomic E-state index is 5.91. The highest BCUT2D eigenvalue weighted by atomic mass is 35.5. The number of hydrogen-bond donors (Lipinski definition) is 1. The lowest BCUT2D eigenvalue weighted by Crippen LogP contribution is -2.29. The molecular weight excluding hydrogens is 213 g/mol. The molecule has 1 heterocycles. The van der Waals surface area contributed by atoms with E-state index < -0.39 is 5.54 Å². The van der Waals surface area contributed by atoms with E-state index >= 15 is 0 Å². The third-order valence-corrected chi connectivity index (χ3v) is 3.15. The van der Waals surface area contributed by atoms with Gasteiger partial charge in [0.15, 0.2) is 0 Å². The first-order chi connectivity index (χ1) is 5.47. The molecule has 0 aliphatic rings. The minimum atomic E-state index is -0.597. The van der Waals surface area contributed by atoms with E-state index in [2.05, 4.69) is 6.58 Å². The van der Waals surface area contributed by atoms with Gasteiger partial charge in [-0.2, -0.15) is 0 Å². The van der Waals surface area contributed by atoms with Gasteiger partial charge in [-0.1, -0.05) is 29.3 Å². The van der Waals surface area contributed by atoms with Crippen molar-refractivity contribution in [3.8, 4) is 0 Å². The fourth-order valence-corrected chi connectivity index (χ4v) is 2.52. The first kappa shape index (κ1) is 10.1. The van der Waals surface area contributed by atoms with Crippen LogP contribution in [0.15, 0.2) is 18.7 Å². The molecule has 1 rings (SSSR count). The Bertz CT molecular complexity index is 304. The first-order valence-electron chi connectivity index (χ1n) is 3.35. The predicted molar refractivity (Wildman–Crippen MR) is 56.1 cm³/mol. The molecule has 0 spiro atoms. The van der Waals surface area contributed by atoms with Crippen LogP contribution >= 0.6 is 34.5 Å². The van der Waals surface area contributed by atoms with Crippen LogP contribution in [0.25, 0.3) is 0 Å². The summed E-state index contributed by atoms with van der Waals surface area (Å²) in [6, 6.07) is 1.77. The fraction of sp³-hybridized carbons (Fsp3) is 0.250. The highest BCUT2D eigenvalue weighted by Gasteiger charge is 2.22. The zero-order valence-electron chi connectivity index (χ0n) is 6.60. The molecule has 0 amide bonds. The molecule has 1 aromatic heterocycles. The summed E-state index contributed by atoms with van der Waals surface area (Å²) in [5.74, 6) is 0. The SMILES string of the molecule is C=C[C@](C)(N)c1cc(Cl)sc1Cl. The topological polar surface area (TPSA) is 26.0 Å². The molecule has 66 valence electrons. The van der Waals surface area contributed by atoms with Crippen molar-refractivity contribution in [2.75, 3.05) is 0 Å². The minimum Gasteiger partial charge on any atom is -0.318 e. The lowest BCUT2D eigenvalue weighted by Gasteiger charge is -2.18. The zero-order valence-corrected chi connectivity index (χ0v) is 8.93. The molecule has 1 nitrogen and oxygen atoms in total. The van der Waals surface area contributed by atoms with Crippen LogP contribution in [-0.4, -0.2) is 0 Å². The second kappa shape index (κ2) is 3.38. The number of thiophene rings is 1. The zero-order chi connectivity index (χ0) is 9.35. The van der Waals surface area contributed by atoms with Crippen LogP contribution in [-0.2, 0) is 5.54 Å². The third kappa shape index (κ3) is 1.83. The largest absolute Gasteiger partial charge is 0.318 e. The Labute approximate surface area is 85.8 Å². The molecule has 1 atom stereocenters. The average Bonchev–Trinajstić information content (AvgIpc) is 2.31. The van der Waals surface area contributed by atoms with Crippen molar-refractivity contribution in [1.82, 2.24) is 0 Å². The lowest BCUT2D eigenvalue weighted by molar-refractivity contribution is 0.635.